The van der Waals surface area contributed by atoms with Crippen LogP contribution in [0.4, 0.5) is 20.2 Å². The summed E-state index contributed by atoms with van der Waals surface area (Å²) >= 11 is 0. The summed E-state index contributed by atoms with van der Waals surface area (Å²) in [5.74, 6) is -3.14. The lowest BCUT2D eigenvalue weighted by atomic mass is 9.92. The lowest BCUT2D eigenvalue weighted by Gasteiger charge is -2.36. The summed E-state index contributed by atoms with van der Waals surface area (Å²) < 4.78 is 26.6. The average molecular weight is 240 g/mol. The molecule has 2 nitrogen and oxygen atoms in total. The van der Waals surface area contributed by atoms with Crippen LogP contribution in [0.1, 0.15) is 19.8 Å². The molecule has 0 aromatic heterocycles. The van der Waals surface area contributed by atoms with E-state index >= 15 is 0 Å². The third kappa shape index (κ3) is 2.87. The Morgan fingerprint density at radius 3 is 2.53 bits per heavy atom. The molecule has 2 rings (SSSR count). The van der Waals surface area contributed by atoms with Crippen LogP contribution in [0, 0.1) is 5.92 Å². The van der Waals surface area contributed by atoms with Crippen LogP contribution in [0.3, 0.4) is 0 Å². The van der Waals surface area contributed by atoms with Crippen LogP contribution in [0.15, 0.2) is 24.3 Å². The van der Waals surface area contributed by atoms with Gasteiger partial charge in [-0.15, -0.1) is 0 Å². The minimum absolute atomic E-state index is 0.424. The Kier molecular flexibility index (Phi) is 3.22. The molecule has 1 atom stereocenters. The number of anilines is 2. The SMILES string of the molecule is CC(F)(F)[C@H]1CCCN(c2ccc(N)cc2)C1. The number of alkyl halides is 2. The molecule has 1 aromatic rings. The lowest BCUT2D eigenvalue weighted by molar-refractivity contribution is -0.0439. The van der Waals surface area contributed by atoms with Gasteiger partial charge in [-0.2, -0.15) is 0 Å². The van der Waals surface area contributed by atoms with Crippen molar-refractivity contribution < 1.29 is 8.78 Å². The zero-order valence-corrected chi connectivity index (χ0v) is 10.00. The van der Waals surface area contributed by atoms with E-state index in [-0.39, 0.29) is 0 Å². The molecule has 1 aliphatic rings. The largest absolute Gasteiger partial charge is 0.399 e. The number of hydrogen-bond acceptors (Lipinski definition) is 2. The second kappa shape index (κ2) is 4.51. The molecular formula is C13H18F2N2. The molecule has 1 saturated heterocycles. The van der Waals surface area contributed by atoms with Crippen LogP contribution in [-0.4, -0.2) is 19.0 Å². The van der Waals surface area contributed by atoms with Gasteiger partial charge in [0.25, 0.3) is 0 Å². The van der Waals surface area contributed by atoms with E-state index in [1.807, 2.05) is 29.2 Å². The lowest BCUT2D eigenvalue weighted by Crippen LogP contribution is -2.42. The monoisotopic (exact) mass is 240 g/mol. The number of nitrogens with zero attached hydrogens (tertiary/aromatic N) is 1. The first-order valence-electron chi connectivity index (χ1n) is 5.95. The molecule has 0 unspecified atom stereocenters. The minimum atomic E-state index is -2.59. The Balaban J connectivity index is 2.09. The van der Waals surface area contributed by atoms with E-state index in [2.05, 4.69) is 0 Å². The van der Waals surface area contributed by atoms with Crippen molar-refractivity contribution in [3.05, 3.63) is 24.3 Å². The van der Waals surface area contributed by atoms with Crippen molar-refractivity contribution in [2.24, 2.45) is 5.92 Å². The Bertz CT molecular complexity index is 370. The quantitative estimate of drug-likeness (QED) is 0.805. The van der Waals surface area contributed by atoms with Crippen LogP contribution >= 0.6 is 0 Å². The van der Waals surface area contributed by atoms with E-state index in [0.717, 1.165) is 25.6 Å². The van der Waals surface area contributed by atoms with Crippen molar-refractivity contribution in [2.45, 2.75) is 25.7 Å². The van der Waals surface area contributed by atoms with Crippen LogP contribution in [0.2, 0.25) is 0 Å². The minimum Gasteiger partial charge on any atom is -0.399 e. The molecule has 0 saturated carbocycles. The molecule has 4 heteroatoms. The summed E-state index contributed by atoms with van der Waals surface area (Å²) in [7, 11) is 0. The van der Waals surface area contributed by atoms with E-state index in [1.54, 1.807) is 0 Å². The molecule has 0 spiro atoms. The zero-order chi connectivity index (χ0) is 12.5. The van der Waals surface area contributed by atoms with E-state index in [4.69, 9.17) is 5.73 Å². The van der Waals surface area contributed by atoms with Crippen molar-refractivity contribution >= 4 is 11.4 Å². The molecule has 94 valence electrons. The van der Waals surface area contributed by atoms with Crippen LogP contribution in [-0.2, 0) is 0 Å². The molecule has 1 heterocycles. The summed E-state index contributed by atoms with van der Waals surface area (Å²) in [5.41, 5.74) is 7.29. The Hall–Kier alpha value is -1.32. The Morgan fingerprint density at radius 1 is 1.29 bits per heavy atom. The van der Waals surface area contributed by atoms with Gasteiger partial charge in [0.2, 0.25) is 5.92 Å². The first kappa shape index (κ1) is 12.1. The fraction of sp³-hybridized carbons (Fsp3) is 0.538. The molecule has 1 fully saturated rings. The molecule has 0 bridgehead atoms. The maximum Gasteiger partial charge on any atom is 0.249 e. The van der Waals surface area contributed by atoms with Gasteiger partial charge in [-0.25, -0.2) is 8.78 Å². The predicted molar refractivity (Wildman–Crippen MR) is 66.4 cm³/mol. The maximum absolute atomic E-state index is 13.3. The van der Waals surface area contributed by atoms with Gasteiger partial charge in [0.05, 0.1) is 0 Å². The molecule has 17 heavy (non-hydrogen) atoms. The third-order valence-corrected chi connectivity index (χ3v) is 3.40. The number of rotatable bonds is 2. The van der Waals surface area contributed by atoms with Gasteiger partial charge in [0.1, 0.15) is 0 Å². The zero-order valence-electron chi connectivity index (χ0n) is 10.00. The van der Waals surface area contributed by atoms with Gasteiger partial charge in [-0.3, -0.25) is 0 Å². The van der Waals surface area contributed by atoms with Crippen molar-refractivity contribution in [3.63, 3.8) is 0 Å². The van der Waals surface area contributed by atoms with E-state index in [1.165, 1.54) is 0 Å². The molecule has 0 amide bonds. The Labute approximate surface area is 100 Å². The van der Waals surface area contributed by atoms with Crippen molar-refractivity contribution in [3.8, 4) is 0 Å². The summed E-state index contributed by atoms with van der Waals surface area (Å²) in [6, 6.07) is 7.41. The van der Waals surface area contributed by atoms with Crippen LogP contribution < -0.4 is 10.6 Å². The summed E-state index contributed by atoms with van der Waals surface area (Å²) in [4.78, 5) is 2.02. The standard InChI is InChI=1S/C13H18F2N2/c1-13(14,15)10-3-2-8-17(9-10)12-6-4-11(16)5-7-12/h4-7,10H,2-3,8-9,16H2,1H3/t10-/m0/s1. The normalized spacial score (nSPS) is 21.6. The number of nitrogen functional groups attached to an aromatic ring is 1. The van der Waals surface area contributed by atoms with E-state index < -0.39 is 11.8 Å². The maximum atomic E-state index is 13.3. The molecular weight excluding hydrogens is 222 g/mol. The predicted octanol–water partition coefficient (Wildman–Crippen LogP) is 3.14. The fourth-order valence-corrected chi connectivity index (χ4v) is 2.31. The van der Waals surface area contributed by atoms with Crippen LogP contribution in [0.5, 0.6) is 0 Å². The Morgan fingerprint density at radius 2 is 1.94 bits per heavy atom. The van der Waals surface area contributed by atoms with Gasteiger partial charge < -0.3 is 10.6 Å². The number of halogens is 2. The average Bonchev–Trinajstić information content (AvgIpc) is 2.29. The second-order valence-corrected chi connectivity index (χ2v) is 4.83. The second-order valence-electron chi connectivity index (χ2n) is 4.83. The highest BCUT2D eigenvalue weighted by atomic mass is 19.3. The molecule has 2 N–H and O–H groups in total. The third-order valence-electron chi connectivity index (χ3n) is 3.40. The number of nitrogens with two attached hydrogens (primary N) is 1. The van der Waals surface area contributed by atoms with Crippen molar-refractivity contribution in [1.82, 2.24) is 0 Å². The van der Waals surface area contributed by atoms with Gasteiger partial charge in [0, 0.05) is 30.4 Å². The molecule has 1 aliphatic heterocycles. The number of hydrogen-bond donors (Lipinski definition) is 1. The molecule has 0 aliphatic carbocycles. The van der Waals surface area contributed by atoms with Crippen LogP contribution in [0.25, 0.3) is 0 Å². The van der Waals surface area contributed by atoms with E-state index in [9.17, 15) is 8.78 Å². The van der Waals surface area contributed by atoms with Crippen molar-refractivity contribution in [2.75, 3.05) is 23.7 Å². The smallest absolute Gasteiger partial charge is 0.249 e. The first-order valence-corrected chi connectivity index (χ1v) is 5.95. The number of piperidine rings is 1. The fourth-order valence-electron chi connectivity index (χ4n) is 2.31. The molecule has 0 radical (unpaired) electrons. The first-order chi connectivity index (χ1) is 7.97. The number of benzene rings is 1. The summed E-state index contributed by atoms with van der Waals surface area (Å²) in [6.45, 7) is 2.29. The topological polar surface area (TPSA) is 29.3 Å². The van der Waals surface area contributed by atoms with Gasteiger partial charge >= 0.3 is 0 Å². The molecule has 1 aromatic carbocycles. The van der Waals surface area contributed by atoms with Gasteiger partial charge in [0.15, 0.2) is 0 Å². The summed E-state index contributed by atoms with van der Waals surface area (Å²) in [5, 5.41) is 0. The van der Waals surface area contributed by atoms with E-state index in [0.29, 0.717) is 18.7 Å². The van der Waals surface area contributed by atoms with Crippen molar-refractivity contribution in [1.29, 1.82) is 0 Å². The highest BCUT2D eigenvalue weighted by Crippen LogP contribution is 2.33. The summed E-state index contributed by atoms with van der Waals surface area (Å²) in [6.07, 6.45) is 1.42. The highest BCUT2D eigenvalue weighted by molar-refractivity contribution is 5.53. The van der Waals surface area contributed by atoms with Gasteiger partial charge in [-0.05, 0) is 44.0 Å². The van der Waals surface area contributed by atoms with Gasteiger partial charge in [-0.1, -0.05) is 0 Å². The highest BCUT2D eigenvalue weighted by Gasteiger charge is 2.37.